The Morgan fingerprint density at radius 1 is 0.500 bits per heavy atom. The minimum absolute atomic E-state index is 1.19. The first-order valence-corrected chi connectivity index (χ1v) is 4.29. The first-order valence-electron chi connectivity index (χ1n) is 4.29. The van der Waals surface area contributed by atoms with Crippen LogP contribution >= 0.6 is 0 Å². The molecular weight excluding hydrogens is 152 g/mol. The van der Waals surface area contributed by atoms with Crippen LogP contribution in [0.15, 0.2) is 13.2 Å². The Hall–Kier alpha value is -0.420. The summed E-state index contributed by atoms with van der Waals surface area (Å²) in [6, 6.07) is 0. The van der Waals surface area contributed by atoms with Crippen molar-refractivity contribution >= 4 is 0 Å². The normalized spacial score (nSPS) is 48.3. The fourth-order valence-electron chi connectivity index (χ4n) is 2.23. The van der Waals surface area contributed by atoms with Gasteiger partial charge in [-0.3, -0.25) is 19.6 Å². The van der Waals surface area contributed by atoms with E-state index in [0.29, 0.717) is 0 Å². The van der Waals surface area contributed by atoms with Gasteiger partial charge in [-0.05, 0) is 0 Å². The van der Waals surface area contributed by atoms with Crippen molar-refractivity contribution in [3.63, 3.8) is 0 Å². The van der Waals surface area contributed by atoms with Crippen molar-refractivity contribution in [1.29, 1.82) is 0 Å². The van der Waals surface area contributed by atoms with Gasteiger partial charge in [0.25, 0.3) is 0 Å². The van der Waals surface area contributed by atoms with Crippen molar-refractivity contribution in [3.05, 3.63) is 13.2 Å². The van der Waals surface area contributed by atoms with Crippen molar-refractivity contribution in [1.82, 2.24) is 19.6 Å². The molecule has 4 aliphatic heterocycles. The van der Waals surface area contributed by atoms with E-state index in [2.05, 4.69) is 32.8 Å². The average molecular weight is 168 g/mol. The Labute approximate surface area is 73.6 Å². The first kappa shape index (κ1) is 8.19. The van der Waals surface area contributed by atoms with Crippen LogP contribution in [0.4, 0.5) is 0 Å². The summed E-state index contributed by atoms with van der Waals surface area (Å²) >= 11 is 0. The first-order chi connectivity index (χ1) is 5.90. The van der Waals surface area contributed by atoms with Gasteiger partial charge in [0, 0.05) is 0 Å². The average Bonchev–Trinajstić information content (AvgIpc) is 2.05. The molecule has 0 aromatic heterocycles. The van der Waals surface area contributed by atoms with Gasteiger partial charge in [-0.2, -0.15) is 0 Å². The van der Waals surface area contributed by atoms with Crippen molar-refractivity contribution < 1.29 is 0 Å². The van der Waals surface area contributed by atoms with Crippen LogP contribution in [0.25, 0.3) is 0 Å². The zero-order valence-electron chi connectivity index (χ0n) is 7.45. The van der Waals surface area contributed by atoms with Gasteiger partial charge in [-0.1, -0.05) is 0 Å². The lowest BCUT2D eigenvalue weighted by atomic mass is 10.4. The number of hydrogen-bond donors (Lipinski definition) is 0. The molecule has 4 rings (SSSR count). The Morgan fingerprint density at radius 2 is 0.667 bits per heavy atom. The molecule has 4 nitrogen and oxygen atoms in total. The third-order valence-electron chi connectivity index (χ3n) is 2.40. The van der Waals surface area contributed by atoms with Crippen LogP contribution in [-0.4, -0.2) is 59.6 Å². The van der Waals surface area contributed by atoms with Crippen molar-refractivity contribution in [2.45, 2.75) is 0 Å². The van der Waals surface area contributed by atoms with E-state index >= 15 is 0 Å². The molecule has 0 unspecified atom stereocenters. The van der Waals surface area contributed by atoms with Gasteiger partial charge in [-0.15, -0.1) is 13.2 Å². The van der Waals surface area contributed by atoms with Gasteiger partial charge in [-0.25, -0.2) is 0 Å². The van der Waals surface area contributed by atoms with Crippen LogP contribution < -0.4 is 0 Å². The lowest BCUT2D eigenvalue weighted by molar-refractivity contribution is -0.194. The van der Waals surface area contributed by atoms with Crippen LogP contribution in [0.2, 0.25) is 0 Å². The maximum Gasteiger partial charge on any atom is 0.0555 e. The molecule has 4 aliphatic rings. The van der Waals surface area contributed by atoms with E-state index in [1.165, 1.54) is 40.0 Å². The molecule has 4 saturated heterocycles. The van der Waals surface area contributed by atoms with Gasteiger partial charge < -0.3 is 0 Å². The molecule has 0 atom stereocenters. The van der Waals surface area contributed by atoms with Crippen LogP contribution in [0.3, 0.4) is 0 Å². The van der Waals surface area contributed by atoms with Crippen LogP contribution in [0.5, 0.6) is 0 Å². The molecular formula is C8H16N4. The predicted octanol–water partition coefficient (Wildman–Crippen LogP) is -0.218. The molecule has 0 amide bonds. The second-order valence-electron chi connectivity index (χ2n) is 3.53. The van der Waals surface area contributed by atoms with Crippen LogP contribution in [0.1, 0.15) is 0 Å². The Morgan fingerprint density at radius 3 is 0.833 bits per heavy atom. The second-order valence-corrected chi connectivity index (χ2v) is 3.53. The van der Waals surface area contributed by atoms with Gasteiger partial charge in [0.1, 0.15) is 0 Å². The SMILES string of the molecule is C1N2CN3CN1CN(C2)C3.C=C. The van der Waals surface area contributed by atoms with E-state index in [1.54, 1.807) is 0 Å². The Kier molecular flexibility index (Phi) is 2.14. The summed E-state index contributed by atoms with van der Waals surface area (Å²) in [5.41, 5.74) is 0. The molecule has 12 heavy (non-hydrogen) atoms. The molecule has 0 aliphatic carbocycles. The molecule has 0 radical (unpaired) electrons. The minimum Gasteiger partial charge on any atom is -0.264 e. The van der Waals surface area contributed by atoms with E-state index in [-0.39, 0.29) is 0 Å². The van der Waals surface area contributed by atoms with Crippen LogP contribution in [-0.2, 0) is 0 Å². The molecule has 4 fully saturated rings. The Balaban J connectivity index is 0.000000264. The van der Waals surface area contributed by atoms with E-state index in [4.69, 9.17) is 0 Å². The van der Waals surface area contributed by atoms with Gasteiger partial charge in [0.15, 0.2) is 0 Å². The fraction of sp³-hybridized carbons (Fsp3) is 0.750. The zero-order valence-corrected chi connectivity index (χ0v) is 7.45. The highest BCUT2D eigenvalue weighted by Gasteiger charge is 2.36. The molecule has 68 valence electrons. The standard InChI is InChI=1S/C6H12N4.C2H4/c1-7-2-9-4-8(1)5-10(3-7)6-9;1-2/h1-6H2;1-2H2. The highest BCUT2D eigenvalue weighted by Crippen LogP contribution is 2.20. The van der Waals surface area contributed by atoms with E-state index < -0.39 is 0 Å². The number of nitrogens with zero attached hydrogens (tertiary/aromatic N) is 4. The fourth-order valence-corrected chi connectivity index (χ4v) is 2.23. The third-order valence-corrected chi connectivity index (χ3v) is 2.40. The monoisotopic (exact) mass is 168 g/mol. The summed E-state index contributed by atoms with van der Waals surface area (Å²) in [5.74, 6) is 0. The summed E-state index contributed by atoms with van der Waals surface area (Å²) in [6.45, 7) is 13.1. The molecule has 0 aromatic rings. The third kappa shape index (κ3) is 1.27. The maximum atomic E-state index is 3.00. The van der Waals surface area contributed by atoms with Gasteiger partial charge in [0.2, 0.25) is 0 Å². The molecule has 0 spiro atoms. The summed E-state index contributed by atoms with van der Waals surface area (Å²) in [5, 5.41) is 0. The summed E-state index contributed by atoms with van der Waals surface area (Å²) in [6.07, 6.45) is 0. The maximum absolute atomic E-state index is 3.00. The smallest absolute Gasteiger partial charge is 0.0555 e. The topological polar surface area (TPSA) is 13.0 Å². The quantitative estimate of drug-likeness (QED) is 0.464. The lowest BCUT2D eigenvalue weighted by Crippen LogP contribution is -2.71. The second kappa shape index (κ2) is 3.14. The molecule has 0 N–H and O–H groups in total. The molecule has 4 heteroatoms. The van der Waals surface area contributed by atoms with Crippen molar-refractivity contribution in [3.8, 4) is 0 Å². The largest absolute Gasteiger partial charge is 0.264 e. The minimum atomic E-state index is 1.19. The van der Waals surface area contributed by atoms with Crippen molar-refractivity contribution in [2.24, 2.45) is 0 Å². The van der Waals surface area contributed by atoms with Crippen LogP contribution in [0, 0.1) is 0 Å². The Bertz CT molecular complexity index is 114. The van der Waals surface area contributed by atoms with Gasteiger partial charge >= 0.3 is 0 Å². The molecule has 4 bridgehead atoms. The molecule has 0 aromatic carbocycles. The summed E-state index contributed by atoms with van der Waals surface area (Å²) in [4.78, 5) is 9.88. The van der Waals surface area contributed by atoms with Crippen molar-refractivity contribution in [2.75, 3.05) is 40.0 Å². The zero-order chi connectivity index (χ0) is 8.55. The predicted molar refractivity (Wildman–Crippen MR) is 47.8 cm³/mol. The van der Waals surface area contributed by atoms with E-state index in [1.807, 2.05) is 0 Å². The van der Waals surface area contributed by atoms with E-state index in [9.17, 15) is 0 Å². The highest BCUT2D eigenvalue weighted by molar-refractivity contribution is 4.79. The molecule has 0 saturated carbocycles. The number of rotatable bonds is 0. The lowest BCUT2D eigenvalue weighted by Gasteiger charge is -2.56. The highest BCUT2D eigenvalue weighted by atomic mass is 15.7. The summed E-state index contributed by atoms with van der Waals surface area (Å²) < 4.78 is 0. The van der Waals surface area contributed by atoms with E-state index in [0.717, 1.165) is 0 Å². The number of hydrogen-bond acceptors (Lipinski definition) is 4. The molecule has 4 heterocycles. The summed E-state index contributed by atoms with van der Waals surface area (Å²) in [7, 11) is 0. The van der Waals surface area contributed by atoms with Gasteiger partial charge in [0.05, 0.1) is 40.0 Å².